The Balaban J connectivity index is 1.10. The highest BCUT2D eigenvalue weighted by molar-refractivity contribution is 6.17. The number of para-hydroxylation sites is 1. The fraction of sp³-hybridized carbons (Fsp3) is 0.143. The second-order valence-corrected chi connectivity index (χ2v) is 15.2. The van der Waals surface area contributed by atoms with E-state index in [1.807, 2.05) is 0 Å². The molecule has 0 spiro atoms. The quantitative estimate of drug-likeness (QED) is 0.171. The zero-order chi connectivity index (χ0) is 33.1. The lowest BCUT2D eigenvalue weighted by molar-refractivity contribution is 0.615. The van der Waals surface area contributed by atoms with Crippen molar-refractivity contribution >= 4 is 65.4 Å². The van der Waals surface area contributed by atoms with Gasteiger partial charge in [0, 0.05) is 33.4 Å². The molecule has 4 aliphatic carbocycles. The minimum Gasteiger partial charge on any atom is -0.455 e. The molecule has 1 heteroatoms. The van der Waals surface area contributed by atoms with E-state index in [2.05, 4.69) is 160 Å². The molecule has 0 saturated carbocycles. The van der Waals surface area contributed by atoms with Gasteiger partial charge in [0.25, 0.3) is 0 Å². The number of benzene rings is 6. The van der Waals surface area contributed by atoms with Gasteiger partial charge in [-0.25, -0.2) is 0 Å². The zero-order valence-corrected chi connectivity index (χ0v) is 28.3. The van der Waals surface area contributed by atoms with Gasteiger partial charge in [-0.3, -0.25) is 0 Å². The summed E-state index contributed by atoms with van der Waals surface area (Å²) in [6.45, 7) is 4.83. The number of rotatable bonds is 2. The molecular weight excluding hydrogens is 605 g/mol. The third kappa shape index (κ3) is 3.84. The van der Waals surface area contributed by atoms with Gasteiger partial charge in [-0.2, -0.15) is 0 Å². The first-order valence-corrected chi connectivity index (χ1v) is 18.0. The van der Waals surface area contributed by atoms with Crippen molar-refractivity contribution in [2.45, 2.75) is 38.0 Å². The Bertz CT molecular complexity index is 2780. The topological polar surface area (TPSA) is 13.1 Å². The molecule has 0 fully saturated rings. The SMILES string of the molecule is CC1(C)C2=CC=C(c3c4ccccc4c(C4=CC=C5C=CC=CC5C4)c4ccccc34)CC2c2cc3c(ccc4c5ccccc5oc34)cc21. The van der Waals surface area contributed by atoms with Crippen LogP contribution in [0.15, 0.2) is 161 Å². The fourth-order valence-electron chi connectivity index (χ4n) is 9.84. The van der Waals surface area contributed by atoms with Crippen LogP contribution >= 0.6 is 0 Å². The van der Waals surface area contributed by atoms with Gasteiger partial charge >= 0.3 is 0 Å². The lowest BCUT2D eigenvalue weighted by atomic mass is 9.74. The van der Waals surface area contributed by atoms with Crippen LogP contribution in [0.4, 0.5) is 0 Å². The molecule has 1 nitrogen and oxygen atoms in total. The number of allylic oxidation sites excluding steroid dienone is 12. The molecule has 4 aliphatic rings. The van der Waals surface area contributed by atoms with Crippen molar-refractivity contribution in [1.29, 1.82) is 0 Å². The van der Waals surface area contributed by atoms with E-state index in [-0.39, 0.29) is 5.41 Å². The Morgan fingerprint density at radius 3 is 2.00 bits per heavy atom. The molecule has 0 saturated heterocycles. The molecule has 2 unspecified atom stereocenters. The molecule has 50 heavy (non-hydrogen) atoms. The van der Waals surface area contributed by atoms with Crippen molar-refractivity contribution in [3.8, 4) is 0 Å². The Labute approximate surface area is 291 Å². The van der Waals surface area contributed by atoms with Crippen molar-refractivity contribution in [3.05, 3.63) is 179 Å². The number of furan rings is 1. The summed E-state index contributed by atoms with van der Waals surface area (Å²) in [5.74, 6) is 0.751. The lowest BCUT2D eigenvalue weighted by Crippen LogP contribution is -2.17. The average Bonchev–Trinajstić information content (AvgIpc) is 3.64. The van der Waals surface area contributed by atoms with E-state index in [1.54, 1.807) is 0 Å². The molecule has 0 bridgehead atoms. The smallest absolute Gasteiger partial charge is 0.143 e. The summed E-state index contributed by atoms with van der Waals surface area (Å²) in [6, 6.07) is 36.1. The Morgan fingerprint density at radius 1 is 0.600 bits per heavy atom. The summed E-state index contributed by atoms with van der Waals surface area (Å²) in [5, 5.41) is 10.2. The molecule has 1 aromatic heterocycles. The number of fused-ring (bicyclic) bond motifs is 11. The van der Waals surface area contributed by atoms with Crippen molar-refractivity contribution in [1.82, 2.24) is 0 Å². The van der Waals surface area contributed by atoms with Crippen LogP contribution in [0.5, 0.6) is 0 Å². The zero-order valence-electron chi connectivity index (χ0n) is 28.3. The molecule has 0 N–H and O–H groups in total. The Morgan fingerprint density at radius 2 is 1.26 bits per heavy atom. The van der Waals surface area contributed by atoms with Crippen molar-refractivity contribution in [2.24, 2.45) is 5.92 Å². The predicted octanol–water partition coefficient (Wildman–Crippen LogP) is 13.3. The Kier molecular flexibility index (Phi) is 5.75. The van der Waals surface area contributed by atoms with E-state index >= 15 is 0 Å². The largest absolute Gasteiger partial charge is 0.455 e. The highest BCUT2D eigenvalue weighted by Gasteiger charge is 2.43. The lowest BCUT2D eigenvalue weighted by Gasteiger charge is -2.29. The van der Waals surface area contributed by atoms with Crippen LogP contribution in [-0.2, 0) is 5.41 Å². The molecule has 238 valence electrons. The van der Waals surface area contributed by atoms with Crippen LogP contribution in [0.2, 0.25) is 0 Å². The summed E-state index contributed by atoms with van der Waals surface area (Å²) in [7, 11) is 0. The van der Waals surface area contributed by atoms with Crippen molar-refractivity contribution in [3.63, 3.8) is 0 Å². The third-order valence-electron chi connectivity index (χ3n) is 12.2. The van der Waals surface area contributed by atoms with Gasteiger partial charge in [0.1, 0.15) is 11.2 Å². The van der Waals surface area contributed by atoms with Gasteiger partial charge in [-0.1, -0.05) is 141 Å². The van der Waals surface area contributed by atoms with Crippen LogP contribution in [-0.4, -0.2) is 0 Å². The molecule has 0 amide bonds. The van der Waals surface area contributed by atoms with E-state index in [4.69, 9.17) is 4.42 Å². The first kappa shape index (κ1) is 28.2. The van der Waals surface area contributed by atoms with E-state index in [1.165, 1.54) is 87.6 Å². The van der Waals surface area contributed by atoms with Gasteiger partial charge in [-0.15, -0.1) is 0 Å². The van der Waals surface area contributed by atoms with Crippen LogP contribution in [0, 0.1) is 5.92 Å². The predicted molar refractivity (Wildman–Crippen MR) is 212 cm³/mol. The van der Waals surface area contributed by atoms with Crippen molar-refractivity contribution < 1.29 is 4.42 Å². The van der Waals surface area contributed by atoms with Crippen LogP contribution in [0.3, 0.4) is 0 Å². The standard InChI is InChI=1S/C49H36O/c1-49(2)43-24-22-33(26-41(43)42-28-40-31(27-44(42)49)21-23-39-34-13-9-10-18-45(34)50-48(39)40)47-37-16-7-5-14-35(37)46(36-15-6-8-17-38(36)47)32-20-19-29-11-3-4-12-30(29)25-32/h3-24,27-28,30,41H,25-26H2,1-2H3. The highest BCUT2D eigenvalue weighted by atomic mass is 16.3. The molecule has 2 atom stereocenters. The number of hydrogen-bond acceptors (Lipinski definition) is 1. The summed E-state index contributed by atoms with van der Waals surface area (Å²) in [4.78, 5) is 0. The van der Waals surface area contributed by atoms with E-state index < -0.39 is 0 Å². The minimum absolute atomic E-state index is 0.0460. The second kappa shape index (κ2) is 10.2. The van der Waals surface area contributed by atoms with Crippen LogP contribution < -0.4 is 0 Å². The summed E-state index contributed by atoms with van der Waals surface area (Å²) in [5.41, 5.74) is 13.3. The maximum atomic E-state index is 6.55. The normalized spacial score (nSPS) is 20.5. The molecule has 0 aliphatic heterocycles. The molecule has 7 aromatic rings. The van der Waals surface area contributed by atoms with E-state index in [9.17, 15) is 0 Å². The highest BCUT2D eigenvalue weighted by Crippen LogP contribution is 2.57. The molecule has 1 heterocycles. The van der Waals surface area contributed by atoms with Gasteiger partial charge in [0.2, 0.25) is 0 Å². The third-order valence-corrected chi connectivity index (χ3v) is 12.2. The summed E-state index contributed by atoms with van der Waals surface area (Å²) >= 11 is 0. The first-order chi connectivity index (χ1) is 24.5. The van der Waals surface area contributed by atoms with Crippen LogP contribution in [0.25, 0.3) is 65.4 Å². The summed E-state index contributed by atoms with van der Waals surface area (Å²) < 4.78 is 6.55. The molecule has 6 aromatic carbocycles. The van der Waals surface area contributed by atoms with E-state index in [0.29, 0.717) is 11.8 Å². The maximum Gasteiger partial charge on any atom is 0.143 e. The maximum absolute atomic E-state index is 6.55. The van der Waals surface area contributed by atoms with Gasteiger partial charge < -0.3 is 4.42 Å². The summed E-state index contributed by atoms with van der Waals surface area (Å²) in [6.07, 6.45) is 20.6. The van der Waals surface area contributed by atoms with Crippen LogP contribution in [0.1, 0.15) is 54.9 Å². The fourth-order valence-corrected chi connectivity index (χ4v) is 9.84. The van der Waals surface area contributed by atoms with E-state index in [0.717, 1.165) is 24.0 Å². The monoisotopic (exact) mass is 640 g/mol. The first-order valence-electron chi connectivity index (χ1n) is 18.0. The molecule has 11 rings (SSSR count). The van der Waals surface area contributed by atoms with Crippen molar-refractivity contribution in [2.75, 3.05) is 0 Å². The van der Waals surface area contributed by atoms with Gasteiger partial charge in [-0.05, 0) is 103 Å². The number of hydrogen-bond donors (Lipinski definition) is 0. The molecule has 0 radical (unpaired) electrons. The van der Waals surface area contributed by atoms with Gasteiger partial charge in [0.05, 0.1) is 0 Å². The Hall–Kier alpha value is -5.66. The molecular formula is C49H36O. The van der Waals surface area contributed by atoms with Gasteiger partial charge in [0.15, 0.2) is 0 Å². The average molecular weight is 641 g/mol. The second-order valence-electron chi connectivity index (χ2n) is 15.2. The minimum atomic E-state index is -0.0460.